The average Bonchev–Trinajstić information content (AvgIpc) is 2.61. The predicted molar refractivity (Wildman–Crippen MR) is 101 cm³/mol. The summed E-state index contributed by atoms with van der Waals surface area (Å²) in [7, 11) is 3.70. The van der Waals surface area contributed by atoms with Gasteiger partial charge in [0.05, 0.1) is 20.2 Å². The van der Waals surface area contributed by atoms with Crippen LogP contribution in [-0.2, 0) is 11.3 Å². The van der Waals surface area contributed by atoms with Crippen LogP contribution in [0.25, 0.3) is 0 Å². The third kappa shape index (κ3) is 5.91. The van der Waals surface area contributed by atoms with Crippen LogP contribution in [0.2, 0.25) is 0 Å². The van der Waals surface area contributed by atoms with E-state index in [9.17, 15) is 4.79 Å². The molecule has 0 spiro atoms. The van der Waals surface area contributed by atoms with Gasteiger partial charge in [0.15, 0.2) is 6.54 Å². The predicted octanol–water partition coefficient (Wildman–Crippen LogP) is 2.29. The van der Waals surface area contributed by atoms with Gasteiger partial charge in [0.2, 0.25) is 0 Å². The molecule has 0 aliphatic carbocycles. The lowest BCUT2D eigenvalue weighted by Gasteiger charge is -2.19. The van der Waals surface area contributed by atoms with Crippen LogP contribution in [0.3, 0.4) is 0 Å². The van der Waals surface area contributed by atoms with Crippen molar-refractivity contribution in [3.05, 3.63) is 65.2 Å². The molecule has 0 saturated carbocycles. The van der Waals surface area contributed by atoms with E-state index in [1.165, 1.54) is 11.1 Å². The van der Waals surface area contributed by atoms with Gasteiger partial charge in [0.1, 0.15) is 12.3 Å². The molecule has 2 rings (SSSR count). The quantitative estimate of drug-likeness (QED) is 0.774. The zero-order valence-corrected chi connectivity index (χ0v) is 15.6. The lowest BCUT2D eigenvalue weighted by molar-refractivity contribution is -0.885. The molecule has 0 bridgehead atoms. The number of benzene rings is 2. The molecule has 0 aliphatic heterocycles. The smallest absolute Gasteiger partial charge is 0.275 e. The molecule has 2 atom stereocenters. The first-order valence-electron chi connectivity index (χ1n) is 8.82. The lowest BCUT2D eigenvalue weighted by atomic mass is 10.0. The molecular formula is C21H29N2O2+. The topological polar surface area (TPSA) is 42.8 Å². The minimum Gasteiger partial charge on any atom is -0.497 e. The van der Waals surface area contributed by atoms with Gasteiger partial charge in [-0.25, -0.2) is 0 Å². The van der Waals surface area contributed by atoms with Gasteiger partial charge >= 0.3 is 0 Å². The Morgan fingerprint density at radius 3 is 2.32 bits per heavy atom. The van der Waals surface area contributed by atoms with E-state index in [0.717, 1.165) is 29.2 Å². The Kier molecular flexibility index (Phi) is 7.02. The third-order valence-electron chi connectivity index (χ3n) is 4.35. The molecule has 0 fully saturated rings. The van der Waals surface area contributed by atoms with Crippen LogP contribution in [-0.4, -0.2) is 26.6 Å². The van der Waals surface area contributed by atoms with Gasteiger partial charge in [-0.3, -0.25) is 4.79 Å². The number of carbonyl (C=O) groups is 1. The van der Waals surface area contributed by atoms with Crippen molar-refractivity contribution in [2.75, 3.05) is 20.7 Å². The van der Waals surface area contributed by atoms with Gasteiger partial charge in [-0.15, -0.1) is 0 Å². The molecule has 0 saturated heterocycles. The minimum atomic E-state index is 0.0712. The van der Waals surface area contributed by atoms with Crippen molar-refractivity contribution in [3.63, 3.8) is 0 Å². The number of amides is 1. The van der Waals surface area contributed by atoms with Crippen molar-refractivity contribution in [3.8, 4) is 5.75 Å². The van der Waals surface area contributed by atoms with Gasteiger partial charge < -0.3 is 15.0 Å². The van der Waals surface area contributed by atoms with E-state index in [1.54, 1.807) is 7.11 Å². The molecule has 4 heteroatoms. The number of rotatable bonds is 8. The van der Waals surface area contributed by atoms with Crippen molar-refractivity contribution in [1.29, 1.82) is 0 Å². The molecule has 2 aromatic carbocycles. The van der Waals surface area contributed by atoms with E-state index in [2.05, 4.69) is 43.4 Å². The Hall–Kier alpha value is -2.33. The van der Waals surface area contributed by atoms with Crippen LogP contribution in [0, 0.1) is 6.92 Å². The van der Waals surface area contributed by atoms with E-state index in [0.29, 0.717) is 6.54 Å². The number of quaternary nitrogens is 1. The van der Waals surface area contributed by atoms with Crippen molar-refractivity contribution >= 4 is 5.91 Å². The molecule has 0 radical (unpaired) electrons. The maximum Gasteiger partial charge on any atom is 0.275 e. The number of nitrogens with one attached hydrogen (secondary N) is 2. The number of hydrogen-bond donors (Lipinski definition) is 2. The van der Waals surface area contributed by atoms with Crippen LogP contribution >= 0.6 is 0 Å². The van der Waals surface area contributed by atoms with Crippen LogP contribution in [0.15, 0.2) is 48.5 Å². The fourth-order valence-electron chi connectivity index (χ4n) is 2.89. The highest BCUT2D eigenvalue weighted by Crippen LogP contribution is 2.16. The highest BCUT2D eigenvalue weighted by molar-refractivity contribution is 5.77. The standard InChI is InChI=1S/C21H28N2O2/c1-5-20(18-10-6-16(2)7-11-18)22-21(24)15-23(3)14-17-8-12-19(25-4)13-9-17/h6-13,20H,5,14-15H2,1-4H3,(H,22,24)/p+1/t20-/m1/s1. The molecule has 0 heterocycles. The molecule has 0 aromatic heterocycles. The summed E-state index contributed by atoms with van der Waals surface area (Å²) < 4.78 is 5.17. The number of likely N-dealkylation sites (N-methyl/N-ethyl adjacent to an activating group) is 1. The summed E-state index contributed by atoms with van der Waals surface area (Å²) in [4.78, 5) is 13.6. The summed E-state index contributed by atoms with van der Waals surface area (Å²) in [5.74, 6) is 0.932. The van der Waals surface area contributed by atoms with Crippen molar-refractivity contribution in [1.82, 2.24) is 5.32 Å². The van der Waals surface area contributed by atoms with E-state index in [-0.39, 0.29) is 11.9 Å². The average molecular weight is 341 g/mol. The number of ether oxygens (including phenoxy) is 1. The fourth-order valence-corrected chi connectivity index (χ4v) is 2.89. The summed E-state index contributed by atoms with van der Waals surface area (Å²) in [5, 5.41) is 3.16. The van der Waals surface area contributed by atoms with E-state index in [4.69, 9.17) is 4.74 Å². The van der Waals surface area contributed by atoms with Gasteiger partial charge in [-0.1, -0.05) is 36.8 Å². The van der Waals surface area contributed by atoms with Crippen LogP contribution in [0.5, 0.6) is 5.75 Å². The second-order valence-corrected chi connectivity index (χ2v) is 6.60. The SMILES string of the molecule is CC[C@@H](NC(=O)C[NH+](C)Cc1ccc(OC)cc1)c1ccc(C)cc1. The van der Waals surface area contributed by atoms with Crippen LogP contribution in [0.1, 0.15) is 36.1 Å². The molecule has 0 aliphatic rings. The van der Waals surface area contributed by atoms with Gasteiger partial charge in [0.25, 0.3) is 5.91 Å². The number of carbonyl (C=O) groups excluding carboxylic acids is 1. The normalized spacial score (nSPS) is 13.1. The number of hydrogen-bond acceptors (Lipinski definition) is 2. The van der Waals surface area contributed by atoms with Crippen molar-refractivity contribution < 1.29 is 14.4 Å². The summed E-state index contributed by atoms with van der Waals surface area (Å²) in [6, 6.07) is 16.4. The molecule has 25 heavy (non-hydrogen) atoms. The highest BCUT2D eigenvalue weighted by Gasteiger charge is 2.16. The van der Waals surface area contributed by atoms with E-state index >= 15 is 0 Å². The van der Waals surface area contributed by atoms with E-state index in [1.807, 2.05) is 31.3 Å². The van der Waals surface area contributed by atoms with Gasteiger partial charge in [-0.05, 0) is 43.2 Å². The Labute approximate surface area is 150 Å². The minimum absolute atomic E-state index is 0.0712. The second kappa shape index (κ2) is 9.23. The molecule has 1 unspecified atom stereocenters. The van der Waals surface area contributed by atoms with E-state index < -0.39 is 0 Å². The Morgan fingerprint density at radius 1 is 1.12 bits per heavy atom. The second-order valence-electron chi connectivity index (χ2n) is 6.60. The van der Waals surface area contributed by atoms with Crippen molar-refractivity contribution in [2.45, 2.75) is 32.9 Å². The summed E-state index contributed by atoms with van der Waals surface area (Å²) >= 11 is 0. The number of methoxy groups -OCH3 is 1. The summed E-state index contributed by atoms with van der Waals surface area (Å²) in [6.07, 6.45) is 0.881. The zero-order valence-electron chi connectivity index (χ0n) is 15.6. The number of aryl methyl sites for hydroxylation is 1. The monoisotopic (exact) mass is 341 g/mol. The largest absolute Gasteiger partial charge is 0.497 e. The van der Waals surface area contributed by atoms with Crippen LogP contribution in [0.4, 0.5) is 0 Å². The Morgan fingerprint density at radius 2 is 1.76 bits per heavy atom. The summed E-state index contributed by atoms with van der Waals surface area (Å²) in [5.41, 5.74) is 3.58. The molecule has 134 valence electrons. The zero-order chi connectivity index (χ0) is 18.2. The molecule has 2 aromatic rings. The van der Waals surface area contributed by atoms with Crippen molar-refractivity contribution in [2.24, 2.45) is 0 Å². The first-order chi connectivity index (χ1) is 12.0. The molecule has 4 nitrogen and oxygen atoms in total. The Balaban J connectivity index is 1.87. The first-order valence-corrected chi connectivity index (χ1v) is 8.82. The maximum atomic E-state index is 12.4. The Bertz CT molecular complexity index is 665. The maximum absolute atomic E-state index is 12.4. The van der Waals surface area contributed by atoms with Gasteiger partial charge in [-0.2, -0.15) is 0 Å². The third-order valence-corrected chi connectivity index (χ3v) is 4.35. The summed E-state index contributed by atoms with van der Waals surface area (Å²) in [6.45, 7) is 5.42. The highest BCUT2D eigenvalue weighted by atomic mass is 16.5. The fraction of sp³-hybridized carbons (Fsp3) is 0.381. The molecule has 1 amide bonds. The first kappa shape index (κ1) is 19.0. The van der Waals surface area contributed by atoms with Gasteiger partial charge in [0, 0.05) is 5.56 Å². The van der Waals surface area contributed by atoms with Crippen LogP contribution < -0.4 is 15.0 Å². The lowest BCUT2D eigenvalue weighted by Crippen LogP contribution is -3.08. The molecular weight excluding hydrogens is 312 g/mol. The molecule has 2 N–H and O–H groups in total.